The van der Waals surface area contributed by atoms with E-state index in [4.69, 9.17) is 23.7 Å². The van der Waals surface area contributed by atoms with Crippen LogP contribution in [0.1, 0.15) is 28.5 Å². The second kappa shape index (κ2) is 12.8. The van der Waals surface area contributed by atoms with Gasteiger partial charge in [0, 0.05) is 18.9 Å². The predicted octanol–water partition coefficient (Wildman–Crippen LogP) is 4.59. The first-order chi connectivity index (χ1) is 20.3. The van der Waals surface area contributed by atoms with Crippen molar-refractivity contribution in [2.45, 2.75) is 34.9 Å². The molecule has 1 aliphatic heterocycles. The molecule has 5 rings (SSSR count). The second-order valence-electron chi connectivity index (χ2n) is 10.0. The quantitative estimate of drug-likeness (QED) is 0.148. The number of benzene rings is 3. The lowest BCUT2D eigenvalue weighted by Crippen LogP contribution is -2.38. The van der Waals surface area contributed by atoms with E-state index in [0.29, 0.717) is 5.56 Å². The molecule has 9 nitrogen and oxygen atoms in total. The van der Waals surface area contributed by atoms with Gasteiger partial charge in [-0.3, -0.25) is 14.3 Å². The minimum absolute atomic E-state index is 0.169. The fraction of sp³-hybridized carbons (Fsp3) is 0.312. The summed E-state index contributed by atoms with van der Waals surface area (Å²) in [5.41, 5.74) is 1.12. The number of aromatic amines is 1. The highest BCUT2D eigenvalue weighted by Crippen LogP contribution is 2.43. The standard InChI is InChI=1S/C32H33IN2O7/c1-20-18-35(31(37)34-29(20)36)30-28(40-4)27(33)26(42-30)19-41-32(21-8-6-5-7-9-21,22-10-14-24(38-2)15-11-22)23-12-16-25(39-3)17-13-23/h5-18,26-28,30H,19H2,1-4H3,(H,34,36,37)/t26-,27-,28-,30-/m1/s1. The normalized spacial score (nSPS) is 20.4. The molecule has 0 unspecified atom stereocenters. The average molecular weight is 685 g/mol. The average Bonchev–Trinajstić information content (AvgIpc) is 3.34. The number of ether oxygens (including phenoxy) is 5. The summed E-state index contributed by atoms with van der Waals surface area (Å²) in [4.78, 5) is 27.1. The molecule has 2 heterocycles. The fourth-order valence-corrected chi connectivity index (χ4v) is 6.38. The van der Waals surface area contributed by atoms with E-state index in [1.807, 2.05) is 78.9 Å². The van der Waals surface area contributed by atoms with Crippen molar-refractivity contribution in [2.24, 2.45) is 0 Å². The van der Waals surface area contributed by atoms with Crippen molar-refractivity contribution in [2.75, 3.05) is 27.9 Å². The van der Waals surface area contributed by atoms with E-state index in [2.05, 4.69) is 27.6 Å². The van der Waals surface area contributed by atoms with Crippen LogP contribution in [0.2, 0.25) is 0 Å². The summed E-state index contributed by atoms with van der Waals surface area (Å²) < 4.78 is 31.4. The number of methoxy groups -OCH3 is 3. The Morgan fingerprint density at radius 2 is 1.40 bits per heavy atom. The predicted molar refractivity (Wildman–Crippen MR) is 167 cm³/mol. The molecule has 0 spiro atoms. The van der Waals surface area contributed by atoms with Crippen LogP contribution in [0, 0.1) is 6.92 Å². The maximum atomic E-state index is 12.7. The van der Waals surface area contributed by atoms with Crippen molar-refractivity contribution in [3.63, 3.8) is 0 Å². The first-order valence-electron chi connectivity index (χ1n) is 13.4. The van der Waals surface area contributed by atoms with Gasteiger partial charge in [-0.05, 0) is 47.9 Å². The number of hydrogen-bond donors (Lipinski definition) is 1. The summed E-state index contributed by atoms with van der Waals surface area (Å²) in [6.07, 6.45) is -0.149. The van der Waals surface area contributed by atoms with E-state index in [-0.39, 0.29) is 10.5 Å². The van der Waals surface area contributed by atoms with Crippen LogP contribution in [0.4, 0.5) is 0 Å². The molecular weight excluding hydrogens is 651 g/mol. The molecule has 220 valence electrons. The number of halogens is 1. The van der Waals surface area contributed by atoms with Crippen LogP contribution in [-0.2, 0) is 19.8 Å². The lowest BCUT2D eigenvalue weighted by molar-refractivity contribution is -0.0910. The molecule has 3 aromatic carbocycles. The van der Waals surface area contributed by atoms with Gasteiger partial charge >= 0.3 is 5.69 Å². The molecular formula is C32H33IN2O7. The summed E-state index contributed by atoms with van der Waals surface area (Å²) >= 11 is 2.29. The van der Waals surface area contributed by atoms with Crippen LogP contribution in [0.15, 0.2) is 94.6 Å². The van der Waals surface area contributed by atoms with Gasteiger partial charge in [0.15, 0.2) is 6.23 Å². The van der Waals surface area contributed by atoms with Gasteiger partial charge in [0.1, 0.15) is 23.2 Å². The van der Waals surface area contributed by atoms with Crippen molar-refractivity contribution in [1.29, 1.82) is 0 Å². The van der Waals surface area contributed by atoms with Crippen molar-refractivity contribution in [1.82, 2.24) is 9.55 Å². The van der Waals surface area contributed by atoms with Gasteiger partial charge in [0.2, 0.25) is 0 Å². The number of aromatic nitrogens is 2. The molecule has 1 aliphatic rings. The topological polar surface area (TPSA) is 101 Å². The van der Waals surface area contributed by atoms with Crippen LogP contribution in [0.25, 0.3) is 0 Å². The Morgan fingerprint density at radius 1 is 0.857 bits per heavy atom. The van der Waals surface area contributed by atoms with Crippen LogP contribution in [-0.4, -0.2) is 53.6 Å². The molecule has 42 heavy (non-hydrogen) atoms. The summed E-state index contributed by atoms with van der Waals surface area (Å²) in [5, 5.41) is 0. The van der Waals surface area contributed by atoms with Crippen molar-refractivity contribution < 1.29 is 23.7 Å². The molecule has 1 aromatic heterocycles. The molecule has 1 saturated heterocycles. The Hall–Kier alpha value is -3.45. The Bertz CT molecular complexity index is 1560. The van der Waals surface area contributed by atoms with Crippen molar-refractivity contribution in [3.05, 3.63) is 128 Å². The highest BCUT2D eigenvalue weighted by atomic mass is 127. The van der Waals surface area contributed by atoms with Crippen molar-refractivity contribution >= 4 is 22.6 Å². The van der Waals surface area contributed by atoms with E-state index in [9.17, 15) is 9.59 Å². The SMILES string of the molecule is COc1ccc(C(OC[C@H]2O[C@@H](n3cc(C)c(=O)[nH]c3=O)[C@H](OC)[C@@H]2I)(c2ccccc2)c2ccc(OC)cc2)cc1. The highest BCUT2D eigenvalue weighted by molar-refractivity contribution is 14.1. The lowest BCUT2D eigenvalue weighted by Gasteiger charge is -2.37. The number of hydrogen-bond acceptors (Lipinski definition) is 7. The number of H-pyrrole nitrogens is 1. The molecule has 0 saturated carbocycles. The van der Waals surface area contributed by atoms with Gasteiger partial charge in [-0.2, -0.15) is 0 Å². The number of nitrogens with zero attached hydrogens (tertiary/aromatic N) is 1. The fourth-order valence-electron chi connectivity index (χ4n) is 5.36. The number of aryl methyl sites for hydroxylation is 1. The summed E-state index contributed by atoms with van der Waals surface area (Å²) in [6, 6.07) is 25.6. The Morgan fingerprint density at radius 3 is 1.93 bits per heavy atom. The van der Waals surface area contributed by atoms with Gasteiger partial charge in [-0.1, -0.05) is 77.2 Å². The molecule has 0 radical (unpaired) electrons. The molecule has 0 aliphatic carbocycles. The van der Waals surface area contributed by atoms with Gasteiger partial charge in [-0.15, -0.1) is 0 Å². The van der Waals surface area contributed by atoms with E-state index < -0.39 is 35.3 Å². The number of nitrogens with one attached hydrogen (secondary N) is 1. The maximum Gasteiger partial charge on any atom is 0.330 e. The van der Waals surface area contributed by atoms with Gasteiger partial charge in [-0.25, -0.2) is 4.79 Å². The molecule has 0 amide bonds. The van der Waals surface area contributed by atoms with E-state index in [1.165, 1.54) is 10.8 Å². The Kier molecular flexibility index (Phi) is 9.16. The van der Waals surface area contributed by atoms with Crippen LogP contribution in [0.3, 0.4) is 0 Å². The van der Waals surface area contributed by atoms with Crippen LogP contribution >= 0.6 is 22.6 Å². The Balaban J connectivity index is 1.57. The zero-order valence-electron chi connectivity index (χ0n) is 23.8. The zero-order chi connectivity index (χ0) is 29.9. The first-order valence-corrected chi connectivity index (χ1v) is 14.7. The third-order valence-electron chi connectivity index (χ3n) is 7.59. The molecule has 1 N–H and O–H groups in total. The monoisotopic (exact) mass is 684 g/mol. The first kappa shape index (κ1) is 30.0. The lowest BCUT2D eigenvalue weighted by atomic mass is 9.80. The molecule has 4 atom stereocenters. The minimum atomic E-state index is -1.02. The minimum Gasteiger partial charge on any atom is -0.497 e. The summed E-state index contributed by atoms with van der Waals surface area (Å²) in [6.45, 7) is 1.82. The van der Waals surface area contributed by atoms with E-state index in [1.54, 1.807) is 28.3 Å². The third kappa shape index (κ3) is 5.63. The third-order valence-corrected chi connectivity index (χ3v) is 9.10. The second-order valence-corrected chi connectivity index (χ2v) is 11.4. The van der Waals surface area contributed by atoms with Gasteiger partial charge < -0.3 is 23.7 Å². The molecule has 0 bridgehead atoms. The summed E-state index contributed by atoms with van der Waals surface area (Å²) in [7, 11) is 4.85. The zero-order valence-corrected chi connectivity index (χ0v) is 25.9. The highest BCUT2D eigenvalue weighted by Gasteiger charge is 2.47. The Labute approximate surface area is 257 Å². The smallest absolute Gasteiger partial charge is 0.330 e. The van der Waals surface area contributed by atoms with E-state index >= 15 is 0 Å². The molecule has 10 heteroatoms. The van der Waals surface area contributed by atoms with Crippen molar-refractivity contribution in [3.8, 4) is 11.5 Å². The number of alkyl halides is 1. The van der Waals surface area contributed by atoms with Gasteiger partial charge in [0.05, 0.1) is 30.9 Å². The molecule has 1 fully saturated rings. The summed E-state index contributed by atoms with van der Waals surface area (Å²) in [5.74, 6) is 1.46. The maximum absolute atomic E-state index is 12.7. The number of rotatable bonds is 10. The van der Waals surface area contributed by atoms with Gasteiger partial charge in [0.25, 0.3) is 5.56 Å². The largest absolute Gasteiger partial charge is 0.497 e. The van der Waals surface area contributed by atoms with E-state index in [0.717, 1.165) is 28.2 Å². The van der Waals surface area contributed by atoms with Crippen LogP contribution < -0.4 is 20.7 Å². The van der Waals surface area contributed by atoms with Crippen LogP contribution in [0.5, 0.6) is 11.5 Å². The molecule has 4 aromatic rings.